The normalized spacial score (nSPS) is 13.0. The lowest BCUT2D eigenvalue weighted by Crippen LogP contribution is -2.36. The van der Waals surface area contributed by atoms with E-state index in [9.17, 15) is 9.59 Å². The van der Waals surface area contributed by atoms with Crippen LogP contribution in [0.25, 0.3) is 11.1 Å². The van der Waals surface area contributed by atoms with Crippen LogP contribution in [0.15, 0.2) is 47.5 Å². The molecule has 0 bridgehead atoms. The molecule has 0 unspecified atom stereocenters. The number of ketones is 1. The smallest absolute Gasteiger partial charge is 0.247 e. The van der Waals surface area contributed by atoms with E-state index in [-0.39, 0.29) is 34.2 Å². The first kappa shape index (κ1) is 29.3. The van der Waals surface area contributed by atoms with Crippen molar-refractivity contribution in [2.45, 2.75) is 0 Å². The molecule has 0 aliphatic carbocycles. The Morgan fingerprint density at radius 1 is 1.07 bits per heavy atom. The fourth-order valence-corrected chi connectivity index (χ4v) is 4.61. The van der Waals surface area contributed by atoms with Crippen molar-refractivity contribution < 1.29 is 37.0 Å². The van der Waals surface area contributed by atoms with Gasteiger partial charge in [0.2, 0.25) is 23.4 Å². The number of methoxy groups -OCH3 is 2. The first-order valence-electron chi connectivity index (χ1n) is 13.1. The van der Waals surface area contributed by atoms with Crippen LogP contribution in [-0.2, 0) is 9.53 Å². The molecule has 1 saturated heterocycles. The molecule has 12 nitrogen and oxygen atoms in total. The molecule has 0 atom stereocenters. The summed E-state index contributed by atoms with van der Waals surface area (Å²) in [5.41, 5.74) is 1.22. The number of amides is 1. The zero-order valence-electron chi connectivity index (χ0n) is 23.5. The maximum absolute atomic E-state index is 15.1. The van der Waals surface area contributed by atoms with Crippen molar-refractivity contribution in [3.8, 4) is 11.5 Å². The predicted octanol–water partition coefficient (Wildman–Crippen LogP) is 4.50. The molecule has 4 aromatic rings. The minimum absolute atomic E-state index is 0.0777. The van der Waals surface area contributed by atoms with Crippen molar-refractivity contribution in [3.05, 3.63) is 66.1 Å². The molecule has 0 saturated carbocycles. The summed E-state index contributed by atoms with van der Waals surface area (Å²) in [6.07, 6.45) is 2.46. The Morgan fingerprint density at radius 3 is 2.40 bits per heavy atom. The lowest BCUT2D eigenvalue weighted by atomic mass is 10.0. The van der Waals surface area contributed by atoms with Crippen molar-refractivity contribution in [1.29, 1.82) is 0 Å². The quantitative estimate of drug-likeness (QED) is 0.177. The number of anilines is 5. The van der Waals surface area contributed by atoms with Gasteiger partial charge in [0.15, 0.2) is 28.7 Å². The molecule has 14 heteroatoms. The van der Waals surface area contributed by atoms with Gasteiger partial charge in [-0.25, -0.2) is 18.7 Å². The molecule has 1 aliphatic heterocycles. The number of rotatable bonds is 10. The number of ether oxygens (including phenoxy) is 3. The highest BCUT2D eigenvalue weighted by atomic mass is 19.1. The lowest BCUT2D eigenvalue weighted by molar-refractivity contribution is -0.111. The number of morpholine rings is 1. The summed E-state index contributed by atoms with van der Waals surface area (Å²) in [4.78, 5) is 36.5. The van der Waals surface area contributed by atoms with Crippen molar-refractivity contribution in [2.24, 2.45) is 0 Å². The van der Waals surface area contributed by atoms with E-state index in [1.807, 2.05) is 12.1 Å². The number of furan rings is 1. The fraction of sp³-hybridized carbons (Fsp3) is 0.241. The number of halogens is 2. The summed E-state index contributed by atoms with van der Waals surface area (Å²) < 4.78 is 51.2. The standard InChI is InChI=1S/C29H28F2N6O6/c1-5-21(38)34-17-12-15(37-8-10-42-11-9-37)6-7-16(17)35-29-33-14-20-25(36-29)26(32-2)28(43-20)27(39)22-23(30)18(40-3)13-19(41-4)24(22)31/h5-7,12-14,32H,1,8-11H2,2-4H3,(H,34,38)(H,33,35,36). The second-order valence-electron chi connectivity index (χ2n) is 9.22. The molecule has 43 heavy (non-hydrogen) atoms. The van der Waals surface area contributed by atoms with Gasteiger partial charge in [0.1, 0.15) is 16.8 Å². The Balaban J connectivity index is 1.52. The van der Waals surface area contributed by atoms with Crippen LogP contribution in [0.3, 0.4) is 0 Å². The molecular formula is C29H28F2N6O6. The van der Waals surface area contributed by atoms with E-state index in [1.165, 1.54) is 27.5 Å². The molecule has 3 heterocycles. The van der Waals surface area contributed by atoms with E-state index in [4.69, 9.17) is 18.6 Å². The van der Waals surface area contributed by atoms with Gasteiger partial charge in [0.05, 0.1) is 45.0 Å². The zero-order valence-corrected chi connectivity index (χ0v) is 23.5. The fourth-order valence-electron chi connectivity index (χ4n) is 4.61. The van der Waals surface area contributed by atoms with Gasteiger partial charge in [0, 0.05) is 31.9 Å². The van der Waals surface area contributed by atoms with Crippen LogP contribution in [0.2, 0.25) is 0 Å². The summed E-state index contributed by atoms with van der Waals surface area (Å²) in [6, 6.07) is 6.46. The van der Waals surface area contributed by atoms with Crippen LogP contribution in [-0.4, -0.2) is 69.2 Å². The van der Waals surface area contributed by atoms with Gasteiger partial charge in [0.25, 0.3) is 0 Å². The molecule has 5 rings (SSSR count). The van der Waals surface area contributed by atoms with E-state index >= 15 is 8.78 Å². The van der Waals surface area contributed by atoms with Crippen molar-refractivity contribution in [2.75, 3.05) is 68.4 Å². The highest BCUT2D eigenvalue weighted by molar-refractivity contribution is 6.15. The van der Waals surface area contributed by atoms with Crippen LogP contribution in [0.5, 0.6) is 11.5 Å². The third kappa shape index (κ3) is 5.64. The molecular weight excluding hydrogens is 566 g/mol. The minimum atomic E-state index is -1.21. The van der Waals surface area contributed by atoms with E-state index < -0.39 is 34.6 Å². The number of hydrogen-bond donors (Lipinski definition) is 3. The third-order valence-electron chi connectivity index (χ3n) is 6.76. The monoisotopic (exact) mass is 594 g/mol. The Morgan fingerprint density at radius 2 is 1.77 bits per heavy atom. The second kappa shape index (κ2) is 12.3. The van der Waals surface area contributed by atoms with Gasteiger partial charge < -0.3 is 39.5 Å². The highest BCUT2D eigenvalue weighted by Crippen LogP contribution is 2.37. The summed E-state index contributed by atoms with van der Waals surface area (Å²) in [5, 5.41) is 8.68. The summed E-state index contributed by atoms with van der Waals surface area (Å²) >= 11 is 0. The summed E-state index contributed by atoms with van der Waals surface area (Å²) in [6.45, 7) is 6.10. The number of carbonyl (C=O) groups is 2. The number of carbonyl (C=O) groups excluding carboxylic acids is 2. The highest BCUT2D eigenvalue weighted by Gasteiger charge is 2.31. The number of nitrogens with zero attached hydrogens (tertiary/aromatic N) is 3. The molecule has 224 valence electrons. The van der Waals surface area contributed by atoms with Crippen LogP contribution >= 0.6 is 0 Å². The number of fused-ring (bicyclic) bond motifs is 1. The molecule has 0 radical (unpaired) electrons. The van der Waals surface area contributed by atoms with E-state index in [0.29, 0.717) is 37.7 Å². The topological polar surface area (TPSA) is 140 Å². The second-order valence-corrected chi connectivity index (χ2v) is 9.22. The first-order chi connectivity index (χ1) is 20.8. The summed E-state index contributed by atoms with van der Waals surface area (Å²) in [5.74, 6) is -5.00. The maximum Gasteiger partial charge on any atom is 0.247 e. The van der Waals surface area contributed by atoms with Crippen LogP contribution in [0.1, 0.15) is 16.1 Å². The first-order valence-corrected chi connectivity index (χ1v) is 13.1. The Hall–Kier alpha value is -5.24. The molecule has 2 aromatic carbocycles. The predicted molar refractivity (Wildman–Crippen MR) is 156 cm³/mol. The molecule has 2 aromatic heterocycles. The Labute approximate surface area is 244 Å². The van der Waals surface area contributed by atoms with Crippen molar-refractivity contribution in [1.82, 2.24) is 9.97 Å². The van der Waals surface area contributed by atoms with Crippen molar-refractivity contribution in [3.63, 3.8) is 0 Å². The number of aromatic nitrogens is 2. The van der Waals surface area contributed by atoms with Gasteiger partial charge in [-0.15, -0.1) is 0 Å². The van der Waals surface area contributed by atoms with E-state index in [2.05, 4.69) is 37.4 Å². The lowest BCUT2D eigenvalue weighted by Gasteiger charge is -2.29. The Kier molecular flexibility index (Phi) is 8.39. The van der Waals surface area contributed by atoms with Gasteiger partial charge in [-0.1, -0.05) is 6.58 Å². The molecule has 0 spiro atoms. The van der Waals surface area contributed by atoms with Crippen LogP contribution in [0, 0.1) is 11.6 Å². The average Bonchev–Trinajstić information content (AvgIpc) is 3.40. The minimum Gasteiger partial charge on any atom is -0.494 e. The SMILES string of the molecule is C=CC(=O)Nc1cc(N2CCOCC2)ccc1Nc1ncc2oc(C(=O)c3c(F)c(OC)cc(OC)c3F)c(NC)c2n1. The van der Waals surface area contributed by atoms with Gasteiger partial charge in [-0.2, -0.15) is 0 Å². The zero-order chi connectivity index (χ0) is 30.7. The molecule has 1 amide bonds. The number of benzene rings is 2. The largest absolute Gasteiger partial charge is 0.494 e. The molecule has 1 fully saturated rings. The number of nitrogens with one attached hydrogen (secondary N) is 3. The van der Waals surface area contributed by atoms with Crippen LogP contribution < -0.4 is 30.3 Å². The van der Waals surface area contributed by atoms with Gasteiger partial charge >= 0.3 is 0 Å². The summed E-state index contributed by atoms with van der Waals surface area (Å²) in [7, 11) is 3.86. The van der Waals surface area contributed by atoms with E-state index in [1.54, 1.807) is 6.07 Å². The third-order valence-corrected chi connectivity index (χ3v) is 6.76. The number of hydrogen-bond acceptors (Lipinski definition) is 11. The van der Waals surface area contributed by atoms with Gasteiger partial charge in [-0.3, -0.25) is 9.59 Å². The molecule has 1 aliphatic rings. The van der Waals surface area contributed by atoms with Crippen LogP contribution in [0.4, 0.5) is 37.5 Å². The van der Waals surface area contributed by atoms with E-state index in [0.717, 1.165) is 17.8 Å². The average molecular weight is 595 g/mol. The molecule has 3 N–H and O–H groups in total. The Bertz CT molecular complexity index is 1690. The van der Waals surface area contributed by atoms with Crippen molar-refractivity contribution >= 4 is 51.5 Å². The van der Waals surface area contributed by atoms with Gasteiger partial charge in [-0.05, 0) is 24.3 Å². The maximum atomic E-state index is 15.1.